The topological polar surface area (TPSA) is 99.1 Å². The quantitative estimate of drug-likeness (QED) is 0.317. The number of pyridine rings is 2. The van der Waals surface area contributed by atoms with Gasteiger partial charge in [-0.2, -0.15) is 10.5 Å². The van der Waals surface area contributed by atoms with E-state index in [4.69, 9.17) is 9.97 Å². The molecule has 5 aromatic rings. The molecule has 0 amide bonds. The lowest BCUT2D eigenvalue weighted by Gasteiger charge is -2.09. The van der Waals surface area contributed by atoms with Gasteiger partial charge >= 0.3 is 0 Å². The summed E-state index contributed by atoms with van der Waals surface area (Å²) in [5, 5.41) is 20.2. The van der Waals surface area contributed by atoms with Crippen LogP contribution in [0.2, 0.25) is 0 Å². The molecule has 0 unspecified atom stereocenters. The zero-order valence-electron chi connectivity index (χ0n) is 13.3. The van der Waals surface area contributed by atoms with Crippen molar-refractivity contribution in [2.24, 2.45) is 0 Å². The fourth-order valence-corrected chi connectivity index (χ4v) is 3.23. The Bertz CT molecular complexity index is 1350. The minimum absolute atomic E-state index is 0.290. The van der Waals surface area contributed by atoms with Crippen molar-refractivity contribution in [1.29, 1.82) is 10.5 Å². The third-order valence-corrected chi connectivity index (χ3v) is 4.39. The van der Waals surface area contributed by atoms with Crippen LogP contribution < -0.4 is 0 Å². The van der Waals surface area contributed by atoms with E-state index >= 15 is 0 Å². The zero-order valence-corrected chi connectivity index (χ0v) is 13.3. The van der Waals surface area contributed by atoms with E-state index in [1.165, 1.54) is 0 Å². The largest absolute Gasteiger partial charge is 0.254 e. The van der Waals surface area contributed by atoms with Crippen molar-refractivity contribution in [3.05, 3.63) is 59.9 Å². The van der Waals surface area contributed by atoms with Gasteiger partial charge in [0.15, 0.2) is 0 Å². The van der Waals surface area contributed by atoms with E-state index in [0.29, 0.717) is 33.2 Å². The molecule has 0 aliphatic carbocycles. The van der Waals surface area contributed by atoms with Crippen LogP contribution in [0.25, 0.3) is 43.9 Å². The molecule has 26 heavy (non-hydrogen) atoms. The van der Waals surface area contributed by atoms with E-state index in [2.05, 4.69) is 9.97 Å². The second-order valence-electron chi connectivity index (χ2n) is 5.83. The number of aromatic nitrogens is 4. The lowest BCUT2D eigenvalue weighted by atomic mass is 10.1. The Kier molecular flexibility index (Phi) is 2.82. The summed E-state index contributed by atoms with van der Waals surface area (Å²) in [6.07, 6.45) is 3.45. The summed E-state index contributed by atoms with van der Waals surface area (Å²) in [6, 6.07) is 14.9. The number of rotatable bonds is 0. The Labute approximate surface area is 147 Å². The molecule has 3 aromatic heterocycles. The first-order valence-corrected chi connectivity index (χ1v) is 7.87. The first kappa shape index (κ1) is 14.2. The van der Waals surface area contributed by atoms with Crippen molar-refractivity contribution < 1.29 is 0 Å². The summed E-state index contributed by atoms with van der Waals surface area (Å²) >= 11 is 0. The van der Waals surface area contributed by atoms with E-state index in [1.54, 1.807) is 24.5 Å². The Morgan fingerprint density at radius 3 is 1.54 bits per heavy atom. The molecule has 0 aliphatic heterocycles. The second kappa shape index (κ2) is 5.17. The molecule has 5 rings (SSSR count). The van der Waals surface area contributed by atoms with Gasteiger partial charge in [-0.3, -0.25) is 9.97 Å². The normalized spacial score (nSPS) is 11.0. The number of nitrogens with zero attached hydrogens (tertiary/aromatic N) is 6. The highest BCUT2D eigenvalue weighted by Crippen LogP contribution is 2.32. The Morgan fingerprint density at radius 2 is 1.12 bits per heavy atom. The number of nitriles is 2. The summed E-state index contributed by atoms with van der Waals surface area (Å²) in [6.45, 7) is 0. The molecule has 0 atom stereocenters. The van der Waals surface area contributed by atoms with Crippen LogP contribution in [0.5, 0.6) is 0 Å². The van der Waals surface area contributed by atoms with E-state index < -0.39 is 0 Å². The van der Waals surface area contributed by atoms with Gasteiger partial charge in [0, 0.05) is 23.2 Å². The molecule has 0 fully saturated rings. The molecule has 0 radical (unpaired) electrons. The third-order valence-electron chi connectivity index (χ3n) is 4.39. The molecule has 2 aromatic carbocycles. The predicted octanol–water partition coefficient (Wildman–Crippen LogP) is 3.62. The molecule has 0 spiro atoms. The number of hydrogen-bond acceptors (Lipinski definition) is 6. The van der Waals surface area contributed by atoms with Crippen molar-refractivity contribution in [2.45, 2.75) is 0 Å². The molecule has 3 heterocycles. The monoisotopic (exact) mass is 332 g/mol. The van der Waals surface area contributed by atoms with Gasteiger partial charge in [0.05, 0.1) is 44.2 Å². The summed E-state index contributed by atoms with van der Waals surface area (Å²) in [4.78, 5) is 18.4. The van der Waals surface area contributed by atoms with Crippen LogP contribution in [-0.4, -0.2) is 19.9 Å². The van der Waals surface area contributed by atoms with Crippen molar-refractivity contribution in [3.8, 4) is 12.1 Å². The van der Waals surface area contributed by atoms with Crippen molar-refractivity contribution in [1.82, 2.24) is 19.9 Å². The lowest BCUT2D eigenvalue weighted by Crippen LogP contribution is -1.95. The van der Waals surface area contributed by atoms with Gasteiger partial charge in [-0.25, -0.2) is 9.97 Å². The molecule has 118 valence electrons. The summed E-state index contributed by atoms with van der Waals surface area (Å²) in [5.41, 5.74) is 4.65. The minimum atomic E-state index is 0.290. The van der Waals surface area contributed by atoms with E-state index in [1.807, 2.05) is 36.4 Å². The number of hydrogen-bond donors (Lipinski definition) is 0. The van der Waals surface area contributed by atoms with Gasteiger partial charge in [-0.05, 0) is 36.4 Å². The van der Waals surface area contributed by atoms with Crippen LogP contribution >= 0.6 is 0 Å². The minimum Gasteiger partial charge on any atom is -0.254 e. The summed E-state index contributed by atoms with van der Waals surface area (Å²) in [7, 11) is 0. The van der Waals surface area contributed by atoms with Crippen molar-refractivity contribution in [3.63, 3.8) is 0 Å². The predicted molar refractivity (Wildman–Crippen MR) is 97.1 cm³/mol. The fourth-order valence-electron chi connectivity index (χ4n) is 3.23. The highest BCUT2D eigenvalue weighted by Gasteiger charge is 2.14. The van der Waals surface area contributed by atoms with Gasteiger partial charge in [0.1, 0.15) is 12.1 Å². The van der Waals surface area contributed by atoms with Crippen LogP contribution in [0.1, 0.15) is 11.1 Å². The molecule has 0 aliphatic rings. The second-order valence-corrected chi connectivity index (χ2v) is 5.83. The van der Waals surface area contributed by atoms with Gasteiger partial charge in [0.25, 0.3) is 0 Å². The maximum atomic E-state index is 9.27. The van der Waals surface area contributed by atoms with Gasteiger partial charge in [-0.15, -0.1) is 0 Å². The average molecular weight is 332 g/mol. The van der Waals surface area contributed by atoms with Crippen LogP contribution in [0.3, 0.4) is 0 Å². The molecule has 6 nitrogen and oxygen atoms in total. The average Bonchev–Trinajstić information content (AvgIpc) is 2.71. The van der Waals surface area contributed by atoms with Gasteiger partial charge < -0.3 is 0 Å². The standard InChI is InChI=1S/C20H8N6/c21-9-11-7-15-16(8-12(11)10-22)26-20-14-4-2-6-24-18(14)17-13(19(20)25-15)3-1-5-23-17/h1-8H. The molecule has 0 bridgehead atoms. The Hall–Kier alpha value is -4.16. The fraction of sp³-hybridized carbons (Fsp3) is 0. The molecule has 0 N–H and O–H groups in total. The Morgan fingerprint density at radius 1 is 0.654 bits per heavy atom. The maximum absolute atomic E-state index is 9.27. The molecular weight excluding hydrogens is 324 g/mol. The lowest BCUT2D eigenvalue weighted by molar-refractivity contribution is 1.35. The van der Waals surface area contributed by atoms with Crippen LogP contribution in [0.4, 0.5) is 0 Å². The number of benzene rings is 2. The summed E-state index contributed by atoms with van der Waals surface area (Å²) < 4.78 is 0. The summed E-state index contributed by atoms with van der Waals surface area (Å²) in [5.74, 6) is 0. The van der Waals surface area contributed by atoms with Crippen LogP contribution in [-0.2, 0) is 0 Å². The van der Waals surface area contributed by atoms with E-state index in [9.17, 15) is 10.5 Å². The highest BCUT2D eigenvalue weighted by atomic mass is 14.8. The first-order valence-electron chi connectivity index (χ1n) is 7.87. The van der Waals surface area contributed by atoms with E-state index in [0.717, 1.165) is 21.8 Å². The van der Waals surface area contributed by atoms with Gasteiger partial charge in [-0.1, -0.05) is 0 Å². The molecular formula is C20H8N6. The van der Waals surface area contributed by atoms with Crippen molar-refractivity contribution in [2.75, 3.05) is 0 Å². The highest BCUT2D eigenvalue weighted by molar-refractivity contribution is 6.21. The zero-order chi connectivity index (χ0) is 17.7. The van der Waals surface area contributed by atoms with Crippen molar-refractivity contribution >= 4 is 43.9 Å². The Balaban J connectivity index is 2.07. The van der Waals surface area contributed by atoms with Gasteiger partial charge in [0.2, 0.25) is 0 Å². The third kappa shape index (κ3) is 1.84. The number of fused-ring (bicyclic) bond motifs is 7. The van der Waals surface area contributed by atoms with Crippen LogP contribution in [0.15, 0.2) is 48.8 Å². The maximum Gasteiger partial charge on any atom is 0.101 e. The van der Waals surface area contributed by atoms with E-state index in [-0.39, 0.29) is 0 Å². The first-order chi connectivity index (χ1) is 12.8. The SMILES string of the molecule is N#Cc1cc2nc3c4cccnc4c4ncccc4c3nc2cc1C#N. The van der Waals surface area contributed by atoms with Crippen LogP contribution in [0, 0.1) is 22.7 Å². The molecule has 0 saturated heterocycles. The molecule has 6 heteroatoms. The molecule has 0 saturated carbocycles. The smallest absolute Gasteiger partial charge is 0.101 e.